The van der Waals surface area contributed by atoms with Crippen molar-refractivity contribution >= 4 is 16.6 Å². The van der Waals surface area contributed by atoms with Gasteiger partial charge in [0, 0.05) is 18.3 Å². The molecule has 0 saturated carbocycles. The molecule has 0 spiro atoms. The van der Waals surface area contributed by atoms with E-state index >= 15 is 0 Å². The molecule has 204 valence electrons. The first-order valence-corrected chi connectivity index (χ1v) is 17.4. The molecule has 3 heterocycles. The Kier molecular flexibility index (Phi) is 9.58. The lowest BCUT2D eigenvalue weighted by Gasteiger charge is -2.38. The third-order valence-corrected chi connectivity index (χ3v) is 9.23. The number of H-pyrrole nitrogens is 1. The van der Waals surface area contributed by atoms with Gasteiger partial charge in [-0.25, -0.2) is 16.0 Å². The van der Waals surface area contributed by atoms with Crippen LogP contribution in [0.1, 0.15) is 52.8 Å². The predicted octanol–water partition coefficient (Wildman–Crippen LogP) is 3.51. The van der Waals surface area contributed by atoms with Gasteiger partial charge in [-0.3, -0.25) is 14.3 Å². The monoisotopic (exact) mass is 550 g/mol. The van der Waals surface area contributed by atoms with E-state index < -0.39 is 51.9 Å². The van der Waals surface area contributed by atoms with Crippen LogP contribution in [0.25, 0.3) is 4.85 Å². The molecule has 0 aliphatic carbocycles. The van der Waals surface area contributed by atoms with Gasteiger partial charge in [0.05, 0.1) is 6.61 Å². The maximum atomic E-state index is 12.9. The van der Waals surface area contributed by atoms with E-state index in [-0.39, 0.29) is 30.8 Å². The summed E-state index contributed by atoms with van der Waals surface area (Å²) in [6.07, 6.45) is 0.184. The molecular weight excluding hydrogens is 511 g/mol. The molecule has 3 rings (SSSR count). The van der Waals surface area contributed by atoms with Crippen molar-refractivity contribution in [2.75, 3.05) is 19.8 Å². The fourth-order valence-electron chi connectivity index (χ4n) is 4.51. The van der Waals surface area contributed by atoms with E-state index in [2.05, 4.69) is 73.3 Å². The summed E-state index contributed by atoms with van der Waals surface area (Å²) in [7, 11) is -3.28. The van der Waals surface area contributed by atoms with Gasteiger partial charge < -0.3 is 23.4 Å². The molecule has 2 aliphatic rings. The fraction of sp³-hybridized carbons (Fsp3) is 0.720. The van der Waals surface area contributed by atoms with E-state index in [0.29, 0.717) is 13.0 Å². The van der Waals surface area contributed by atoms with E-state index in [1.165, 1.54) is 10.8 Å². The number of rotatable bonds is 10. The third kappa shape index (κ3) is 6.61. The first-order valence-electron chi connectivity index (χ1n) is 12.7. The van der Waals surface area contributed by atoms with Crippen molar-refractivity contribution in [1.82, 2.24) is 14.2 Å². The second-order valence-electron chi connectivity index (χ2n) is 11.0. The molecule has 2 bridgehead atoms. The number of ether oxygens (including phenoxy) is 2. The van der Waals surface area contributed by atoms with Crippen molar-refractivity contribution in [3.63, 3.8) is 0 Å². The summed E-state index contributed by atoms with van der Waals surface area (Å²) in [5.41, 5.74) is 1.51. The minimum Gasteiger partial charge on any atom is -0.368 e. The molecule has 2 unspecified atom stereocenters. The van der Waals surface area contributed by atoms with Gasteiger partial charge in [0.2, 0.25) is 6.54 Å². The number of fused-ring (bicyclic) bond motifs is 2. The maximum Gasteiger partial charge on any atom is 0.330 e. The second-order valence-corrected chi connectivity index (χ2v) is 17.1. The Bertz CT molecular complexity index is 1170. The summed E-state index contributed by atoms with van der Waals surface area (Å²) in [6, 6.07) is 0.283. The highest BCUT2D eigenvalue weighted by Gasteiger charge is 2.63. The molecule has 10 nitrogen and oxygen atoms in total. The number of nitrogens with one attached hydrogen (secondary N) is 1. The lowest BCUT2D eigenvalue weighted by atomic mass is 9.96. The average Bonchev–Trinajstić information content (AvgIpc) is 3.29. The molecule has 12 heteroatoms. The number of hydrogen-bond donors (Lipinski definition) is 1. The first-order chi connectivity index (χ1) is 17.3. The molecule has 0 amide bonds. The quantitative estimate of drug-likeness (QED) is 0.157. The van der Waals surface area contributed by atoms with Gasteiger partial charge in [-0.2, -0.15) is 0 Å². The summed E-state index contributed by atoms with van der Waals surface area (Å²) in [6.45, 7) is 24.5. The van der Waals surface area contributed by atoms with Gasteiger partial charge in [-0.1, -0.05) is 32.5 Å². The third-order valence-electron chi connectivity index (χ3n) is 6.24. The Morgan fingerprint density at radius 3 is 2.57 bits per heavy atom. The van der Waals surface area contributed by atoms with Crippen LogP contribution in [0, 0.1) is 18.0 Å². The Hall–Kier alpha value is -1.82. The molecule has 5 atom stereocenters. The summed E-state index contributed by atoms with van der Waals surface area (Å²) in [5.74, 6) is 2.96. The minimum atomic E-state index is -1.74. The zero-order valence-corrected chi connectivity index (χ0v) is 24.9. The lowest BCUT2D eigenvalue weighted by Crippen LogP contribution is -2.43. The highest BCUT2D eigenvalue weighted by Crippen LogP contribution is 2.55. The molecule has 0 aromatic carbocycles. The van der Waals surface area contributed by atoms with Crippen LogP contribution >= 0.6 is 8.53 Å². The average molecular weight is 551 g/mol. The number of aromatic nitrogens is 2. The first kappa shape index (κ1) is 29.7. The van der Waals surface area contributed by atoms with Crippen LogP contribution in [0.4, 0.5) is 0 Å². The summed E-state index contributed by atoms with van der Waals surface area (Å²) in [4.78, 5) is 31.1. The highest BCUT2D eigenvalue weighted by atomic mass is 31.2. The van der Waals surface area contributed by atoms with Crippen molar-refractivity contribution < 1.29 is 18.5 Å². The van der Waals surface area contributed by atoms with Crippen molar-refractivity contribution in [1.29, 1.82) is 0 Å². The Morgan fingerprint density at radius 1 is 1.32 bits per heavy atom. The van der Waals surface area contributed by atoms with Gasteiger partial charge in [0.15, 0.2) is 6.23 Å². The summed E-state index contributed by atoms with van der Waals surface area (Å²) in [5, 5.41) is 0. The Balaban J connectivity index is 1.98. The minimum absolute atomic E-state index is 0.141. The van der Waals surface area contributed by atoms with Crippen LogP contribution in [0.2, 0.25) is 19.6 Å². The van der Waals surface area contributed by atoms with Gasteiger partial charge in [0.25, 0.3) is 14.1 Å². The number of aromatic amines is 1. The van der Waals surface area contributed by atoms with Crippen LogP contribution < -0.4 is 11.2 Å². The Morgan fingerprint density at radius 2 is 2.00 bits per heavy atom. The summed E-state index contributed by atoms with van der Waals surface area (Å²) >= 11 is 0. The van der Waals surface area contributed by atoms with Crippen LogP contribution in [0.3, 0.4) is 0 Å². The van der Waals surface area contributed by atoms with Crippen molar-refractivity contribution in [3.05, 3.63) is 44.0 Å². The predicted molar refractivity (Wildman–Crippen MR) is 146 cm³/mol. The van der Waals surface area contributed by atoms with E-state index in [4.69, 9.17) is 25.1 Å². The molecule has 1 aromatic rings. The van der Waals surface area contributed by atoms with Gasteiger partial charge in [0.1, 0.15) is 38.1 Å². The Labute approximate surface area is 221 Å². The maximum absolute atomic E-state index is 12.9. The summed E-state index contributed by atoms with van der Waals surface area (Å²) < 4.78 is 28.9. The van der Waals surface area contributed by atoms with Crippen molar-refractivity contribution in [2.45, 2.75) is 96.8 Å². The van der Waals surface area contributed by atoms with E-state index in [0.717, 1.165) is 0 Å². The molecule has 0 radical (unpaired) electrons. The molecule has 2 fully saturated rings. The fourth-order valence-corrected chi connectivity index (χ4v) is 6.82. The SMILES string of the molecule is [C-]#[N+]CCOP(O[C@@H]1C2OC[C@]1(CC)O[C@H]2n1cc(C#C[Si](C)(C)C)c(=O)[nH]c1=O)N(C(C)C)C(C)C. The van der Waals surface area contributed by atoms with Crippen LogP contribution in [-0.4, -0.2) is 71.9 Å². The van der Waals surface area contributed by atoms with Crippen molar-refractivity contribution in [2.24, 2.45) is 0 Å². The van der Waals surface area contributed by atoms with Gasteiger partial charge in [-0.15, -0.1) is 5.54 Å². The molecular formula is C25H39N4O6PSi. The standard InChI is InChI=1S/C25H39N4O6PSi/c1-10-25-16-32-20(21(25)35-36(33-13-12-26-6)29(17(2)3)18(4)5)23(34-25)28-15-19(11-14-37(7,8)9)22(30)27-24(28)31/h15,17-18,20-21,23H,10,12-13,16H2,1-5,7-9H3,(H,27,30,31)/t20?,21-,23-,25+,36?/m1/s1. The normalized spacial score (nSPS) is 25.9. The van der Waals surface area contributed by atoms with E-state index in [1.54, 1.807) is 0 Å². The topological polar surface area (TPSA) is 99.4 Å². The number of hydrogen-bond acceptors (Lipinski definition) is 7. The van der Waals surface area contributed by atoms with E-state index in [1.807, 2.05) is 6.92 Å². The number of nitrogens with zero attached hydrogens (tertiary/aromatic N) is 3. The van der Waals surface area contributed by atoms with Crippen LogP contribution in [-0.2, 0) is 18.5 Å². The largest absolute Gasteiger partial charge is 0.368 e. The smallest absolute Gasteiger partial charge is 0.330 e. The van der Waals surface area contributed by atoms with Gasteiger partial charge in [-0.05, 0) is 34.1 Å². The van der Waals surface area contributed by atoms with Gasteiger partial charge >= 0.3 is 5.69 Å². The molecule has 2 saturated heterocycles. The van der Waals surface area contributed by atoms with E-state index in [9.17, 15) is 9.59 Å². The lowest BCUT2D eigenvalue weighted by molar-refractivity contribution is -0.175. The van der Waals surface area contributed by atoms with Crippen LogP contribution in [0.15, 0.2) is 15.8 Å². The zero-order chi connectivity index (χ0) is 27.5. The molecule has 1 aromatic heterocycles. The van der Waals surface area contributed by atoms with Crippen molar-refractivity contribution in [3.8, 4) is 11.5 Å². The highest BCUT2D eigenvalue weighted by molar-refractivity contribution is 7.44. The molecule has 37 heavy (non-hydrogen) atoms. The molecule has 2 aliphatic heterocycles. The molecule has 1 N–H and O–H groups in total. The van der Waals surface area contributed by atoms with Crippen LogP contribution in [0.5, 0.6) is 0 Å². The second kappa shape index (κ2) is 11.9. The zero-order valence-electron chi connectivity index (χ0n) is 23.0.